The first-order valence-corrected chi connectivity index (χ1v) is 5.92. The number of allylic oxidation sites excluding steroid dienone is 4. The molecule has 0 aromatic carbocycles. The molecule has 0 aliphatic heterocycles. The number of rotatable bonds is 2. The van der Waals surface area contributed by atoms with Crippen LogP contribution in [0.4, 0.5) is 0 Å². The average molecular weight is 190 g/mol. The molecule has 0 spiro atoms. The molecule has 0 radical (unpaired) electrons. The molecule has 2 aliphatic rings. The monoisotopic (exact) mass is 190 g/mol. The van der Waals surface area contributed by atoms with E-state index in [1.165, 1.54) is 12.8 Å². The number of hydrogen-bond acceptors (Lipinski definition) is 0. The molecule has 0 heteroatoms. The van der Waals surface area contributed by atoms with Crippen molar-refractivity contribution < 1.29 is 0 Å². The second-order valence-electron chi connectivity index (χ2n) is 5.55. The molecule has 2 rings (SSSR count). The van der Waals surface area contributed by atoms with Crippen LogP contribution in [0.3, 0.4) is 0 Å². The molecule has 1 fully saturated rings. The number of hydrogen-bond donors (Lipinski definition) is 0. The Kier molecular flexibility index (Phi) is 2.33. The minimum atomic E-state index is 0.495. The molecule has 1 saturated carbocycles. The summed E-state index contributed by atoms with van der Waals surface area (Å²) in [6, 6.07) is 0. The number of fused-ring (bicyclic) bond motifs is 2. The van der Waals surface area contributed by atoms with Crippen LogP contribution in [-0.4, -0.2) is 0 Å². The van der Waals surface area contributed by atoms with Crippen LogP contribution in [0.25, 0.3) is 0 Å². The van der Waals surface area contributed by atoms with E-state index in [9.17, 15) is 0 Å². The fourth-order valence-corrected chi connectivity index (χ4v) is 3.68. The Morgan fingerprint density at radius 2 is 2.14 bits per heavy atom. The van der Waals surface area contributed by atoms with E-state index in [1.807, 2.05) is 0 Å². The van der Waals surface area contributed by atoms with Gasteiger partial charge in [0.2, 0.25) is 0 Å². The highest BCUT2D eigenvalue weighted by molar-refractivity contribution is 5.25. The first-order valence-electron chi connectivity index (χ1n) is 5.92. The summed E-state index contributed by atoms with van der Waals surface area (Å²) >= 11 is 0. The summed E-state index contributed by atoms with van der Waals surface area (Å²) in [6.45, 7) is 9.45. The van der Waals surface area contributed by atoms with Crippen molar-refractivity contribution in [2.75, 3.05) is 0 Å². The molecular formula is C14H22. The summed E-state index contributed by atoms with van der Waals surface area (Å²) in [4.78, 5) is 0. The summed E-state index contributed by atoms with van der Waals surface area (Å²) in [6.07, 6.45) is 9.89. The third-order valence-corrected chi connectivity index (χ3v) is 4.32. The predicted octanol–water partition coefficient (Wildman–Crippen LogP) is 4.19. The minimum absolute atomic E-state index is 0.495. The molecule has 0 saturated heterocycles. The van der Waals surface area contributed by atoms with Crippen LogP contribution in [0.2, 0.25) is 0 Å². The van der Waals surface area contributed by atoms with Gasteiger partial charge in [0.15, 0.2) is 0 Å². The van der Waals surface area contributed by atoms with Gasteiger partial charge < -0.3 is 0 Å². The Morgan fingerprint density at radius 3 is 2.64 bits per heavy atom. The van der Waals surface area contributed by atoms with Gasteiger partial charge in [0.05, 0.1) is 0 Å². The molecule has 3 unspecified atom stereocenters. The van der Waals surface area contributed by atoms with E-state index in [0.29, 0.717) is 5.41 Å². The van der Waals surface area contributed by atoms with E-state index in [2.05, 4.69) is 45.9 Å². The zero-order valence-electron chi connectivity index (χ0n) is 9.88. The van der Waals surface area contributed by atoms with E-state index in [-0.39, 0.29) is 0 Å². The summed E-state index contributed by atoms with van der Waals surface area (Å²) in [5, 5.41) is 0. The van der Waals surface area contributed by atoms with Gasteiger partial charge in [-0.05, 0) is 42.9 Å². The average Bonchev–Trinajstić information content (AvgIpc) is 2.61. The molecule has 0 heterocycles. The van der Waals surface area contributed by atoms with Crippen LogP contribution in [0, 0.1) is 23.2 Å². The van der Waals surface area contributed by atoms with Gasteiger partial charge in [-0.15, -0.1) is 0 Å². The van der Waals surface area contributed by atoms with Crippen molar-refractivity contribution in [3.05, 3.63) is 23.8 Å². The van der Waals surface area contributed by atoms with E-state index in [1.54, 1.807) is 5.57 Å². The van der Waals surface area contributed by atoms with Gasteiger partial charge in [0.25, 0.3) is 0 Å². The molecule has 3 atom stereocenters. The quantitative estimate of drug-likeness (QED) is 0.573. The van der Waals surface area contributed by atoms with Crippen molar-refractivity contribution in [3.63, 3.8) is 0 Å². The first-order chi connectivity index (χ1) is 6.57. The largest absolute Gasteiger partial charge is 0.0856 e. The molecule has 2 aliphatic carbocycles. The van der Waals surface area contributed by atoms with E-state index in [4.69, 9.17) is 0 Å². The van der Waals surface area contributed by atoms with E-state index in [0.717, 1.165) is 17.8 Å². The SMILES string of the molecule is CCC=C(C)C1C2C=CC(C2)C1(C)C. The second kappa shape index (κ2) is 3.25. The normalized spacial score (nSPS) is 39.4. The van der Waals surface area contributed by atoms with Gasteiger partial charge in [0, 0.05) is 0 Å². The van der Waals surface area contributed by atoms with E-state index >= 15 is 0 Å². The maximum Gasteiger partial charge on any atom is -0.00859 e. The molecule has 0 aromatic rings. The summed E-state index contributed by atoms with van der Waals surface area (Å²) in [5.41, 5.74) is 2.11. The van der Waals surface area contributed by atoms with Gasteiger partial charge in [-0.25, -0.2) is 0 Å². The fraction of sp³-hybridized carbons (Fsp3) is 0.714. The summed E-state index contributed by atoms with van der Waals surface area (Å²) in [7, 11) is 0. The lowest BCUT2D eigenvalue weighted by Gasteiger charge is -2.36. The highest BCUT2D eigenvalue weighted by atomic mass is 14.5. The van der Waals surface area contributed by atoms with Crippen LogP contribution in [-0.2, 0) is 0 Å². The van der Waals surface area contributed by atoms with Crippen LogP contribution in [0.15, 0.2) is 23.8 Å². The molecular weight excluding hydrogens is 168 g/mol. The van der Waals surface area contributed by atoms with Crippen molar-refractivity contribution >= 4 is 0 Å². The lowest BCUT2D eigenvalue weighted by atomic mass is 9.68. The Hall–Kier alpha value is -0.520. The molecule has 0 amide bonds. The second-order valence-corrected chi connectivity index (χ2v) is 5.55. The zero-order valence-corrected chi connectivity index (χ0v) is 9.88. The smallest absolute Gasteiger partial charge is 0.00859 e. The molecule has 2 bridgehead atoms. The Balaban J connectivity index is 2.28. The van der Waals surface area contributed by atoms with Crippen molar-refractivity contribution in [3.8, 4) is 0 Å². The summed E-state index contributed by atoms with van der Waals surface area (Å²) < 4.78 is 0. The highest BCUT2D eigenvalue weighted by Crippen LogP contribution is 2.58. The maximum atomic E-state index is 2.45. The predicted molar refractivity (Wildman–Crippen MR) is 62.1 cm³/mol. The summed E-state index contributed by atoms with van der Waals surface area (Å²) in [5.74, 6) is 2.47. The third-order valence-electron chi connectivity index (χ3n) is 4.32. The van der Waals surface area contributed by atoms with Gasteiger partial charge in [-0.2, -0.15) is 0 Å². The van der Waals surface area contributed by atoms with Crippen LogP contribution in [0.5, 0.6) is 0 Å². The topological polar surface area (TPSA) is 0 Å². The van der Waals surface area contributed by atoms with Crippen LogP contribution < -0.4 is 0 Å². The Bertz CT molecular complexity index is 280. The minimum Gasteiger partial charge on any atom is -0.0856 e. The fourth-order valence-electron chi connectivity index (χ4n) is 3.68. The molecule has 78 valence electrons. The third kappa shape index (κ3) is 1.27. The van der Waals surface area contributed by atoms with Crippen LogP contribution >= 0.6 is 0 Å². The van der Waals surface area contributed by atoms with Gasteiger partial charge >= 0.3 is 0 Å². The first kappa shape index (κ1) is 10.0. The van der Waals surface area contributed by atoms with Crippen molar-refractivity contribution in [1.29, 1.82) is 0 Å². The molecule has 0 N–H and O–H groups in total. The molecule has 0 nitrogen and oxygen atoms in total. The standard InChI is InChI=1S/C14H22/c1-5-6-10(2)13-11-7-8-12(9-11)14(13,3)4/h6-8,11-13H,5,9H2,1-4H3. The van der Waals surface area contributed by atoms with Crippen molar-refractivity contribution in [2.24, 2.45) is 23.2 Å². The highest BCUT2D eigenvalue weighted by Gasteiger charge is 2.50. The lowest BCUT2D eigenvalue weighted by Crippen LogP contribution is -2.29. The van der Waals surface area contributed by atoms with E-state index < -0.39 is 0 Å². The van der Waals surface area contributed by atoms with Gasteiger partial charge in [0.1, 0.15) is 0 Å². The molecule has 0 aromatic heterocycles. The van der Waals surface area contributed by atoms with Crippen LogP contribution in [0.1, 0.15) is 40.5 Å². The van der Waals surface area contributed by atoms with Crippen molar-refractivity contribution in [2.45, 2.75) is 40.5 Å². The molecule has 14 heavy (non-hydrogen) atoms. The van der Waals surface area contributed by atoms with Gasteiger partial charge in [-0.3, -0.25) is 0 Å². The van der Waals surface area contributed by atoms with Crippen molar-refractivity contribution in [1.82, 2.24) is 0 Å². The Labute approximate surface area is 88.1 Å². The lowest BCUT2D eigenvalue weighted by molar-refractivity contribution is 0.223. The maximum absolute atomic E-state index is 2.45. The van der Waals surface area contributed by atoms with Gasteiger partial charge in [-0.1, -0.05) is 44.6 Å². The zero-order chi connectivity index (χ0) is 10.3. The Morgan fingerprint density at radius 1 is 1.43 bits per heavy atom.